The fraction of sp³-hybridized carbons (Fsp3) is 0.273. The first-order valence-electron chi connectivity index (χ1n) is 10.2. The summed E-state index contributed by atoms with van der Waals surface area (Å²) >= 11 is 0. The van der Waals surface area contributed by atoms with Crippen LogP contribution in [0.15, 0.2) is 59.9 Å². The molecule has 156 valence electrons. The van der Waals surface area contributed by atoms with E-state index in [1.807, 2.05) is 29.2 Å². The summed E-state index contributed by atoms with van der Waals surface area (Å²) in [5.74, 6) is 1.10. The van der Waals surface area contributed by atoms with Crippen LogP contribution in [0.2, 0.25) is 0 Å². The highest BCUT2D eigenvalue weighted by molar-refractivity contribution is 5.77. The first-order chi connectivity index (χ1) is 15.3. The van der Waals surface area contributed by atoms with Gasteiger partial charge in [-0.2, -0.15) is 4.98 Å². The zero-order valence-electron chi connectivity index (χ0n) is 16.8. The minimum atomic E-state index is -0.225. The van der Waals surface area contributed by atoms with Crippen molar-refractivity contribution in [1.29, 1.82) is 0 Å². The number of H-pyrrole nitrogens is 1. The molecule has 1 N–H and O–H groups in total. The third-order valence-corrected chi connectivity index (χ3v) is 5.41. The van der Waals surface area contributed by atoms with Gasteiger partial charge in [0, 0.05) is 61.9 Å². The number of aromatic amines is 1. The molecular formula is C22H21N7O2. The number of pyridine rings is 2. The van der Waals surface area contributed by atoms with Gasteiger partial charge in [-0.15, -0.1) is 0 Å². The molecule has 4 aromatic heterocycles. The molecule has 0 aromatic carbocycles. The van der Waals surface area contributed by atoms with Crippen molar-refractivity contribution in [2.24, 2.45) is 0 Å². The largest absolute Gasteiger partial charge is 0.348 e. The zero-order valence-corrected chi connectivity index (χ0v) is 16.8. The summed E-state index contributed by atoms with van der Waals surface area (Å²) in [5, 5.41) is 4.00. The number of nitrogens with zero attached hydrogens (tertiary/aromatic N) is 6. The van der Waals surface area contributed by atoms with Gasteiger partial charge in [0.05, 0.1) is 12.0 Å². The average Bonchev–Trinajstić information content (AvgIpc) is 3.49. The molecule has 9 nitrogen and oxygen atoms in total. The van der Waals surface area contributed by atoms with Crippen molar-refractivity contribution < 1.29 is 9.32 Å². The smallest absolute Gasteiger partial charge is 0.226 e. The Morgan fingerprint density at radius 3 is 2.87 bits per heavy atom. The lowest BCUT2D eigenvalue weighted by molar-refractivity contribution is -0.133. The fourth-order valence-electron chi connectivity index (χ4n) is 3.92. The maximum atomic E-state index is 13.1. The van der Waals surface area contributed by atoms with E-state index in [0.29, 0.717) is 37.5 Å². The number of hydrogen-bond acceptors (Lipinski definition) is 7. The third-order valence-electron chi connectivity index (χ3n) is 5.41. The van der Waals surface area contributed by atoms with Gasteiger partial charge in [-0.3, -0.25) is 14.8 Å². The molecule has 5 heterocycles. The molecule has 0 saturated carbocycles. The van der Waals surface area contributed by atoms with Gasteiger partial charge in [0.1, 0.15) is 6.04 Å². The van der Waals surface area contributed by atoms with Crippen LogP contribution in [0.3, 0.4) is 0 Å². The molecule has 5 rings (SSSR count). The van der Waals surface area contributed by atoms with E-state index >= 15 is 0 Å². The molecule has 1 aliphatic rings. The van der Waals surface area contributed by atoms with E-state index in [4.69, 9.17) is 4.52 Å². The van der Waals surface area contributed by atoms with Gasteiger partial charge in [-0.25, -0.2) is 4.98 Å². The van der Waals surface area contributed by atoms with Crippen LogP contribution in [0.1, 0.15) is 41.7 Å². The molecule has 0 aliphatic carbocycles. The number of aromatic nitrogens is 6. The van der Waals surface area contributed by atoms with Crippen LogP contribution in [-0.2, 0) is 17.6 Å². The number of nitrogens with one attached hydrogen (secondary N) is 1. The van der Waals surface area contributed by atoms with Crippen LogP contribution in [0.4, 0.5) is 0 Å². The molecule has 0 radical (unpaired) electrons. The second kappa shape index (κ2) is 8.47. The Hall–Kier alpha value is -3.88. The van der Waals surface area contributed by atoms with Crippen LogP contribution in [-0.4, -0.2) is 47.4 Å². The standard InChI is InChI=1S/C22H21N7O2/c30-19(7-1-6-18-27-22(28-31-18)16-5-3-10-24-13-16)29-11-8-17-20(26-14-25-17)21(29)15-4-2-9-23-12-15/h2-5,9-10,12-14,21H,1,6-8,11H2,(H,25,26). The van der Waals surface area contributed by atoms with Gasteiger partial charge in [0.2, 0.25) is 17.6 Å². The molecule has 0 spiro atoms. The highest BCUT2D eigenvalue weighted by Crippen LogP contribution is 2.33. The van der Waals surface area contributed by atoms with E-state index in [1.165, 1.54) is 0 Å². The molecule has 31 heavy (non-hydrogen) atoms. The number of carbonyl (C=O) groups excluding carboxylic acids is 1. The molecule has 0 bridgehead atoms. The zero-order chi connectivity index (χ0) is 21.0. The highest BCUT2D eigenvalue weighted by Gasteiger charge is 2.33. The van der Waals surface area contributed by atoms with Gasteiger partial charge in [-0.05, 0) is 30.2 Å². The maximum absolute atomic E-state index is 13.1. The minimum absolute atomic E-state index is 0.0782. The summed E-state index contributed by atoms with van der Waals surface area (Å²) in [5.41, 5.74) is 3.73. The van der Waals surface area contributed by atoms with Crippen molar-refractivity contribution in [3.8, 4) is 11.4 Å². The Morgan fingerprint density at radius 2 is 2.06 bits per heavy atom. The van der Waals surface area contributed by atoms with Crippen molar-refractivity contribution in [2.45, 2.75) is 31.7 Å². The van der Waals surface area contributed by atoms with E-state index in [2.05, 4.69) is 30.1 Å². The summed E-state index contributed by atoms with van der Waals surface area (Å²) < 4.78 is 5.34. The Balaban J connectivity index is 1.25. The molecular weight excluding hydrogens is 394 g/mol. The molecule has 4 aromatic rings. The molecule has 1 aliphatic heterocycles. The first-order valence-corrected chi connectivity index (χ1v) is 10.2. The van der Waals surface area contributed by atoms with Gasteiger partial charge in [0.15, 0.2) is 0 Å². The van der Waals surface area contributed by atoms with Crippen LogP contribution < -0.4 is 0 Å². The fourth-order valence-corrected chi connectivity index (χ4v) is 3.92. The van der Waals surface area contributed by atoms with Crippen LogP contribution >= 0.6 is 0 Å². The Bertz CT molecular complexity index is 1160. The second-order valence-corrected chi connectivity index (χ2v) is 7.40. The SMILES string of the molecule is O=C(CCCc1nc(-c2cccnc2)no1)N1CCc2[nH]cnc2C1c1cccnc1. The monoisotopic (exact) mass is 415 g/mol. The molecule has 0 fully saturated rings. The van der Waals surface area contributed by atoms with Crippen LogP contribution in [0, 0.1) is 0 Å². The van der Waals surface area contributed by atoms with E-state index in [-0.39, 0.29) is 11.9 Å². The Labute approximate surface area is 178 Å². The summed E-state index contributed by atoms with van der Waals surface area (Å²) in [7, 11) is 0. The number of carbonyl (C=O) groups is 1. The summed E-state index contributed by atoms with van der Waals surface area (Å²) in [6.07, 6.45) is 10.9. The molecule has 1 amide bonds. The quantitative estimate of drug-likeness (QED) is 0.515. The molecule has 9 heteroatoms. The summed E-state index contributed by atoms with van der Waals surface area (Å²) in [6, 6.07) is 7.35. The number of amides is 1. The number of imidazole rings is 1. The normalized spacial score (nSPS) is 15.6. The van der Waals surface area contributed by atoms with E-state index in [9.17, 15) is 4.79 Å². The topological polar surface area (TPSA) is 114 Å². The number of fused-ring (bicyclic) bond motifs is 1. The van der Waals surface area contributed by atoms with Gasteiger partial charge >= 0.3 is 0 Å². The third kappa shape index (κ3) is 3.94. The summed E-state index contributed by atoms with van der Waals surface area (Å²) in [4.78, 5) is 35.4. The van der Waals surface area contributed by atoms with Crippen LogP contribution in [0.5, 0.6) is 0 Å². The van der Waals surface area contributed by atoms with E-state index in [1.54, 1.807) is 31.1 Å². The maximum Gasteiger partial charge on any atom is 0.226 e. The average molecular weight is 415 g/mol. The molecule has 1 atom stereocenters. The lowest BCUT2D eigenvalue weighted by Gasteiger charge is -2.35. The summed E-state index contributed by atoms with van der Waals surface area (Å²) in [6.45, 7) is 0.638. The number of hydrogen-bond donors (Lipinski definition) is 1. The van der Waals surface area contributed by atoms with Crippen LogP contribution in [0.25, 0.3) is 11.4 Å². The van der Waals surface area contributed by atoms with Gasteiger partial charge < -0.3 is 14.4 Å². The lowest BCUT2D eigenvalue weighted by Crippen LogP contribution is -2.40. The lowest BCUT2D eigenvalue weighted by atomic mass is 9.96. The first kappa shape index (κ1) is 19.1. The van der Waals surface area contributed by atoms with E-state index in [0.717, 1.165) is 28.9 Å². The highest BCUT2D eigenvalue weighted by atomic mass is 16.5. The van der Waals surface area contributed by atoms with E-state index < -0.39 is 0 Å². The second-order valence-electron chi connectivity index (χ2n) is 7.40. The van der Waals surface area contributed by atoms with Crippen molar-refractivity contribution in [3.63, 3.8) is 0 Å². The molecule has 0 saturated heterocycles. The van der Waals surface area contributed by atoms with Crippen molar-refractivity contribution in [2.75, 3.05) is 6.54 Å². The predicted molar refractivity (Wildman–Crippen MR) is 111 cm³/mol. The predicted octanol–water partition coefficient (Wildman–Crippen LogP) is 2.75. The van der Waals surface area contributed by atoms with Crippen molar-refractivity contribution >= 4 is 5.91 Å². The number of rotatable bonds is 6. The Kier molecular flexibility index (Phi) is 5.22. The molecule has 1 unspecified atom stereocenters. The van der Waals surface area contributed by atoms with Crippen molar-refractivity contribution in [3.05, 3.63) is 78.2 Å². The van der Waals surface area contributed by atoms with Gasteiger partial charge in [0.25, 0.3) is 0 Å². The minimum Gasteiger partial charge on any atom is -0.348 e. The Morgan fingerprint density at radius 1 is 1.19 bits per heavy atom. The van der Waals surface area contributed by atoms with Gasteiger partial charge in [-0.1, -0.05) is 11.2 Å². The van der Waals surface area contributed by atoms with Crippen molar-refractivity contribution in [1.82, 2.24) is 35.0 Å². The number of aryl methyl sites for hydroxylation is 1.